The highest BCUT2D eigenvalue weighted by Crippen LogP contribution is 2.48. The molecule has 0 radical (unpaired) electrons. The van der Waals surface area contributed by atoms with Crippen LogP contribution in [0.15, 0.2) is 59.5 Å². The van der Waals surface area contributed by atoms with Gasteiger partial charge in [-0.3, -0.25) is 4.90 Å². The number of rotatable bonds is 2. The first-order valence-electron chi connectivity index (χ1n) is 10.1. The molecule has 0 saturated carbocycles. The smallest absolute Gasteiger partial charge is 0.305 e. The van der Waals surface area contributed by atoms with E-state index in [1.54, 1.807) is 18.2 Å². The number of aromatic nitrogens is 3. The molecule has 12 heteroatoms. The van der Waals surface area contributed by atoms with E-state index in [1.165, 1.54) is 13.0 Å². The molecule has 1 aliphatic rings. The van der Waals surface area contributed by atoms with Crippen LogP contribution in [0.1, 0.15) is 24.1 Å². The number of urea groups is 1. The van der Waals surface area contributed by atoms with Crippen LogP contribution in [0.2, 0.25) is 5.02 Å². The number of hydrogen-bond acceptors (Lipinski definition) is 5. The first-order valence-corrected chi connectivity index (χ1v) is 10.5. The molecule has 178 valence electrons. The Morgan fingerprint density at radius 2 is 1.91 bits per heavy atom. The second-order valence-electron chi connectivity index (χ2n) is 7.84. The number of anilines is 1. The fraction of sp³-hybridized carbons (Fsp3) is 0.130. The molecule has 35 heavy (non-hydrogen) atoms. The van der Waals surface area contributed by atoms with Gasteiger partial charge in [-0.05, 0) is 58.7 Å². The van der Waals surface area contributed by atoms with Crippen LogP contribution >= 0.6 is 11.6 Å². The molecule has 0 bridgehead atoms. The molecule has 2 amide bonds. The van der Waals surface area contributed by atoms with Gasteiger partial charge in [0.15, 0.2) is 0 Å². The Hall–Kier alpha value is -3.99. The van der Waals surface area contributed by atoms with Crippen LogP contribution in [0.25, 0.3) is 22.2 Å². The minimum Gasteiger partial charge on any atom is -0.305 e. The number of benzene rings is 2. The lowest BCUT2D eigenvalue weighted by molar-refractivity contribution is -0.00798. The number of pyridine rings is 1. The average Bonchev–Trinajstić information content (AvgIpc) is 3.28. The van der Waals surface area contributed by atoms with Crippen molar-refractivity contribution in [3.63, 3.8) is 0 Å². The van der Waals surface area contributed by atoms with Crippen molar-refractivity contribution in [2.75, 3.05) is 5.32 Å². The monoisotopic (exact) mass is 503 g/mol. The van der Waals surface area contributed by atoms with E-state index >= 15 is 0 Å². The molecule has 0 aliphatic carbocycles. The molecule has 0 fully saturated rings. The van der Waals surface area contributed by atoms with E-state index < -0.39 is 41.0 Å². The zero-order valence-corrected chi connectivity index (χ0v) is 18.6. The summed E-state index contributed by atoms with van der Waals surface area (Å²) in [6.07, 6.45) is 1.02. The van der Waals surface area contributed by atoms with Crippen molar-refractivity contribution in [2.24, 2.45) is 0 Å². The van der Waals surface area contributed by atoms with Crippen LogP contribution in [0.3, 0.4) is 0 Å². The third-order valence-electron chi connectivity index (χ3n) is 5.82. The number of nitrogens with zero attached hydrogens (tertiary/aromatic N) is 4. The first kappa shape index (κ1) is 22.8. The normalized spacial score (nSPS) is 16.9. The van der Waals surface area contributed by atoms with Gasteiger partial charge < -0.3 is 5.32 Å². The zero-order chi connectivity index (χ0) is 25.1. The van der Waals surface area contributed by atoms with Gasteiger partial charge in [-0.15, -0.1) is 0 Å². The predicted octanol–water partition coefficient (Wildman–Crippen LogP) is 6.43. The first-order chi connectivity index (χ1) is 16.6. The summed E-state index contributed by atoms with van der Waals surface area (Å²) in [6, 6.07) is 6.16. The number of carbonyl (C=O) groups is 1. The van der Waals surface area contributed by atoms with Crippen molar-refractivity contribution in [3.05, 3.63) is 82.8 Å². The van der Waals surface area contributed by atoms with Crippen LogP contribution in [-0.2, 0) is 5.92 Å². The summed E-state index contributed by atoms with van der Waals surface area (Å²) < 4.78 is 63.6. The van der Waals surface area contributed by atoms with Gasteiger partial charge in [0.2, 0.25) is 5.95 Å². The maximum atomic E-state index is 15.0. The summed E-state index contributed by atoms with van der Waals surface area (Å²) in [5.74, 6) is -6.13. The van der Waals surface area contributed by atoms with Gasteiger partial charge in [0.05, 0.1) is 28.0 Å². The van der Waals surface area contributed by atoms with Crippen molar-refractivity contribution in [1.29, 1.82) is 0 Å². The highest BCUT2D eigenvalue weighted by Gasteiger charge is 2.51. The van der Waals surface area contributed by atoms with Crippen LogP contribution in [0.4, 0.5) is 28.0 Å². The van der Waals surface area contributed by atoms with Crippen molar-refractivity contribution in [3.8, 4) is 11.1 Å². The van der Waals surface area contributed by atoms with E-state index in [-0.39, 0.29) is 16.3 Å². The zero-order valence-electron chi connectivity index (χ0n) is 17.8. The van der Waals surface area contributed by atoms with Crippen molar-refractivity contribution >= 4 is 34.4 Å². The van der Waals surface area contributed by atoms with Crippen molar-refractivity contribution in [1.82, 2.24) is 20.2 Å². The summed E-state index contributed by atoms with van der Waals surface area (Å²) in [7, 11) is 0. The van der Waals surface area contributed by atoms with Gasteiger partial charge in [-0.25, -0.2) is 18.8 Å². The van der Waals surface area contributed by atoms with Crippen LogP contribution in [0, 0.1) is 11.8 Å². The molecule has 0 saturated heterocycles. The van der Waals surface area contributed by atoms with E-state index in [2.05, 4.69) is 31.8 Å². The number of carbonyl (C=O) groups excluding carboxylic acids is 1. The Morgan fingerprint density at radius 1 is 1.17 bits per heavy atom. The molecule has 1 atom stereocenters. The largest absolute Gasteiger partial charge is 0.326 e. The fourth-order valence-electron chi connectivity index (χ4n) is 4.06. The lowest BCUT2D eigenvalue weighted by atomic mass is 9.90. The molecule has 5 rings (SSSR count). The predicted molar refractivity (Wildman–Crippen MR) is 119 cm³/mol. The van der Waals surface area contributed by atoms with Gasteiger partial charge in [-0.2, -0.15) is 13.2 Å². The summed E-state index contributed by atoms with van der Waals surface area (Å²) in [6.45, 7) is 4.71. The summed E-state index contributed by atoms with van der Waals surface area (Å²) >= 11 is 6.34. The Morgan fingerprint density at radius 3 is 2.69 bits per heavy atom. The number of halogens is 5. The number of allylic oxidation sites excluding steroid dienone is 1. The van der Waals surface area contributed by atoms with Gasteiger partial charge >= 0.3 is 12.0 Å². The number of fused-ring (bicyclic) bond motifs is 2. The van der Waals surface area contributed by atoms with Gasteiger partial charge in [0.25, 0.3) is 0 Å². The third-order valence-corrected chi connectivity index (χ3v) is 6.14. The molecule has 2 aromatic heterocycles. The SMILES string of the molecule is C=C1N(C(=O)Nc2cc(Cl)c(-c3ccc4nonc4c3)cc2F)C(C)c2ccnc(F)c2C1(F)F. The van der Waals surface area contributed by atoms with E-state index in [9.17, 15) is 22.4 Å². The molecule has 2 aromatic carbocycles. The standard InChI is InChI=1S/C23H14ClF4N5O2/c1-10-13-5-6-29-21(26)20(13)23(27,28)11(2)33(10)22(34)30-18-9-15(24)14(8-16(18)25)12-3-4-17-19(7-12)32-35-31-17/h3-10H,2H2,1H3,(H,30,34). The van der Waals surface area contributed by atoms with Gasteiger partial charge in [0.1, 0.15) is 16.9 Å². The van der Waals surface area contributed by atoms with E-state index in [0.717, 1.165) is 18.3 Å². The van der Waals surface area contributed by atoms with Crippen LogP contribution in [0.5, 0.6) is 0 Å². The number of nitrogens with one attached hydrogen (secondary N) is 1. The second-order valence-corrected chi connectivity index (χ2v) is 8.25. The maximum absolute atomic E-state index is 15.0. The molecular formula is C23H14ClF4N5O2. The number of hydrogen-bond donors (Lipinski definition) is 1. The van der Waals surface area contributed by atoms with Crippen molar-refractivity contribution in [2.45, 2.75) is 18.9 Å². The van der Waals surface area contributed by atoms with Gasteiger partial charge in [0, 0.05) is 11.8 Å². The Balaban J connectivity index is 1.47. The fourth-order valence-corrected chi connectivity index (χ4v) is 4.34. The summed E-state index contributed by atoms with van der Waals surface area (Å²) in [4.78, 5) is 16.9. The minimum atomic E-state index is -3.91. The second kappa shape index (κ2) is 8.05. The molecule has 4 aromatic rings. The van der Waals surface area contributed by atoms with Crippen molar-refractivity contribution < 1.29 is 27.0 Å². The summed E-state index contributed by atoms with van der Waals surface area (Å²) in [5, 5.41) is 9.76. The van der Waals surface area contributed by atoms with Crippen LogP contribution in [-0.4, -0.2) is 26.2 Å². The molecule has 1 aliphatic heterocycles. The highest BCUT2D eigenvalue weighted by atomic mass is 35.5. The molecule has 0 spiro atoms. The molecule has 7 nitrogen and oxygen atoms in total. The highest BCUT2D eigenvalue weighted by molar-refractivity contribution is 6.33. The van der Waals surface area contributed by atoms with E-state index in [1.807, 2.05) is 0 Å². The quantitative estimate of drug-likeness (QED) is 0.252. The lowest BCUT2D eigenvalue weighted by Gasteiger charge is -2.40. The minimum absolute atomic E-state index is 0.0758. The molecule has 3 heterocycles. The molecule has 1 N–H and O–H groups in total. The number of alkyl halides is 2. The topological polar surface area (TPSA) is 84.2 Å². The van der Waals surface area contributed by atoms with Crippen LogP contribution < -0.4 is 5.32 Å². The maximum Gasteiger partial charge on any atom is 0.326 e. The van der Waals surface area contributed by atoms with Gasteiger partial charge in [-0.1, -0.05) is 24.2 Å². The lowest BCUT2D eigenvalue weighted by Crippen LogP contribution is -2.46. The molecular weight excluding hydrogens is 490 g/mol. The Labute approximate surface area is 200 Å². The number of amides is 2. The Bertz CT molecular complexity index is 1520. The summed E-state index contributed by atoms with van der Waals surface area (Å²) in [5.41, 5.74) is -0.661. The Kier molecular flexibility index (Phi) is 5.24. The average molecular weight is 504 g/mol. The van der Waals surface area contributed by atoms with E-state index in [4.69, 9.17) is 11.6 Å². The molecule has 1 unspecified atom stereocenters. The third kappa shape index (κ3) is 3.59. The van der Waals surface area contributed by atoms with E-state index in [0.29, 0.717) is 27.1 Å².